The van der Waals surface area contributed by atoms with Crippen molar-refractivity contribution in [2.24, 2.45) is 0 Å². The van der Waals surface area contributed by atoms with Gasteiger partial charge in [-0.25, -0.2) is 9.59 Å². The van der Waals surface area contributed by atoms with Gasteiger partial charge in [0.05, 0.1) is 11.8 Å². The summed E-state index contributed by atoms with van der Waals surface area (Å²) in [6, 6.07) is 11.0. The molecule has 2 aromatic heterocycles. The molecule has 0 amide bonds. The van der Waals surface area contributed by atoms with E-state index in [1.54, 1.807) is 38.4 Å². The van der Waals surface area contributed by atoms with Crippen molar-refractivity contribution in [3.63, 3.8) is 0 Å². The number of aromatic nitrogens is 2. The predicted octanol–water partition coefficient (Wildman–Crippen LogP) is 3.98. The van der Waals surface area contributed by atoms with Gasteiger partial charge in [0.15, 0.2) is 0 Å². The summed E-state index contributed by atoms with van der Waals surface area (Å²) in [6.45, 7) is 2.83. The fourth-order valence-corrected chi connectivity index (χ4v) is 2.43. The largest absolute Gasteiger partial charge is 0.511 e. The minimum atomic E-state index is -0.899. The van der Waals surface area contributed by atoms with Crippen LogP contribution < -0.4 is 5.32 Å². The Morgan fingerprint density at radius 1 is 1.11 bits per heavy atom. The van der Waals surface area contributed by atoms with Crippen LogP contribution >= 0.6 is 0 Å². The fourth-order valence-electron chi connectivity index (χ4n) is 2.43. The summed E-state index contributed by atoms with van der Waals surface area (Å²) in [7, 11) is 0. The van der Waals surface area contributed by atoms with Crippen LogP contribution in [-0.2, 0) is 14.2 Å². The van der Waals surface area contributed by atoms with E-state index in [0.29, 0.717) is 5.69 Å². The van der Waals surface area contributed by atoms with Crippen LogP contribution in [0.3, 0.4) is 0 Å². The van der Waals surface area contributed by atoms with E-state index < -0.39 is 18.9 Å². The lowest BCUT2D eigenvalue weighted by Crippen LogP contribution is -2.17. The van der Waals surface area contributed by atoms with Crippen molar-refractivity contribution in [2.75, 3.05) is 12.1 Å². The molecule has 0 saturated heterocycles. The van der Waals surface area contributed by atoms with Gasteiger partial charge in [0.1, 0.15) is 5.69 Å². The molecule has 8 heteroatoms. The van der Waals surface area contributed by atoms with E-state index in [9.17, 15) is 9.59 Å². The van der Waals surface area contributed by atoms with Crippen LogP contribution in [0.1, 0.15) is 24.3 Å². The lowest BCUT2D eigenvalue weighted by molar-refractivity contribution is -0.0346. The second-order valence-corrected chi connectivity index (χ2v) is 5.89. The maximum atomic E-state index is 12.5. The fraction of sp³-hybridized carbons (Fsp3) is 0.211. The van der Waals surface area contributed by atoms with E-state index in [0.717, 1.165) is 16.6 Å². The molecule has 3 rings (SSSR count). The zero-order valence-corrected chi connectivity index (χ0v) is 14.9. The first-order valence-electron chi connectivity index (χ1n) is 8.33. The number of H-pyrrole nitrogens is 1. The summed E-state index contributed by atoms with van der Waals surface area (Å²) in [5.41, 5.74) is 2.31. The molecule has 0 aliphatic carbocycles. The second kappa shape index (κ2) is 8.22. The van der Waals surface area contributed by atoms with Gasteiger partial charge in [-0.05, 0) is 32.0 Å². The Kier molecular flexibility index (Phi) is 5.55. The van der Waals surface area contributed by atoms with Crippen molar-refractivity contribution in [2.45, 2.75) is 20.0 Å². The summed E-state index contributed by atoms with van der Waals surface area (Å²) >= 11 is 0. The third-order valence-electron chi connectivity index (χ3n) is 3.56. The number of fused-ring (bicyclic) bond motifs is 1. The first-order valence-corrected chi connectivity index (χ1v) is 8.33. The average molecular weight is 369 g/mol. The number of rotatable bonds is 6. The second-order valence-electron chi connectivity index (χ2n) is 5.89. The van der Waals surface area contributed by atoms with E-state index >= 15 is 0 Å². The molecule has 0 bridgehead atoms. The Labute approximate surface area is 155 Å². The first kappa shape index (κ1) is 18.2. The molecular weight excluding hydrogens is 350 g/mol. The number of benzene rings is 1. The smallest absolute Gasteiger partial charge is 0.431 e. The molecule has 2 N–H and O–H groups in total. The van der Waals surface area contributed by atoms with E-state index in [1.165, 1.54) is 0 Å². The Morgan fingerprint density at radius 2 is 1.85 bits per heavy atom. The number of carbonyl (C=O) groups excluding carboxylic acids is 2. The molecule has 0 spiro atoms. The Bertz CT molecular complexity index is 937. The molecule has 2 heterocycles. The van der Waals surface area contributed by atoms with Crippen LogP contribution in [0.5, 0.6) is 0 Å². The van der Waals surface area contributed by atoms with E-state index in [4.69, 9.17) is 14.2 Å². The molecule has 0 aliphatic heterocycles. The number of pyridine rings is 1. The lowest BCUT2D eigenvalue weighted by atomic mass is 10.2. The normalized spacial score (nSPS) is 10.6. The number of ether oxygens (including phenoxy) is 3. The molecule has 27 heavy (non-hydrogen) atoms. The topological polar surface area (TPSA) is 103 Å². The quantitative estimate of drug-likeness (QED) is 0.500. The van der Waals surface area contributed by atoms with Gasteiger partial charge in [0.25, 0.3) is 0 Å². The monoisotopic (exact) mass is 369 g/mol. The van der Waals surface area contributed by atoms with Crippen LogP contribution in [0.25, 0.3) is 10.9 Å². The van der Waals surface area contributed by atoms with Crippen LogP contribution in [0.2, 0.25) is 0 Å². The molecule has 0 radical (unpaired) electrons. The molecule has 8 nitrogen and oxygen atoms in total. The van der Waals surface area contributed by atoms with E-state index in [1.807, 2.05) is 24.3 Å². The van der Waals surface area contributed by atoms with Gasteiger partial charge in [0, 0.05) is 29.0 Å². The molecule has 0 unspecified atom stereocenters. The predicted molar refractivity (Wildman–Crippen MR) is 98.8 cm³/mol. The van der Waals surface area contributed by atoms with Gasteiger partial charge in [-0.3, -0.25) is 4.98 Å². The maximum Gasteiger partial charge on any atom is 0.511 e. The molecule has 140 valence electrons. The summed E-state index contributed by atoms with van der Waals surface area (Å²) in [6.07, 6.45) is 2.06. The first-order chi connectivity index (χ1) is 13.0. The van der Waals surface area contributed by atoms with Crippen LogP contribution in [0.15, 0.2) is 48.8 Å². The molecule has 0 aliphatic rings. The number of anilines is 2. The number of aromatic amines is 1. The highest BCUT2D eigenvalue weighted by Gasteiger charge is 2.20. The van der Waals surface area contributed by atoms with Crippen molar-refractivity contribution in [1.82, 2.24) is 9.97 Å². The van der Waals surface area contributed by atoms with Gasteiger partial charge in [-0.1, -0.05) is 18.2 Å². The summed E-state index contributed by atoms with van der Waals surface area (Å²) < 4.78 is 14.6. The minimum absolute atomic E-state index is 0.217. The highest BCUT2D eigenvalue weighted by molar-refractivity contribution is 6.07. The van der Waals surface area contributed by atoms with E-state index in [-0.39, 0.29) is 11.8 Å². The molecule has 0 fully saturated rings. The van der Waals surface area contributed by atoms with Crippen molar-refractivity contribution < 1.29 is 23.8 Å². The summed E-state index contributed by atoms with van der Waals surface area (Å²) in [5, 5.41) is 4.02. The number of para-hydroxylation sites is 1. The SMILES string of the molecule is CC(C)OC(=O)OCOC(=O)c1[nH]c2ccccc2c1Nc1ccncc1. The number of nitrogens with one attached hydrogen (secondary N) is 2. The molecule has 0 atom stereocenters. The van der Waals surface area contributed by atoms with Crippen LogP contribution in [0.4, 0.5) is 16.2 Å². The third-order valence-corrected chi connectivity index (χ3v) is 3.56. The number of carbonyl (C=O) groups is 2. The Balaban J connectivity index is 1.78. The highest BCUT2D eigenvalue weighted by Crippen LogP contribution is 2.30. The molecule has 0 saturated carbocycles. The molecular formula is C19H19N3O5. The standard InChI is InChI=1S/C19H19N3O5/c1-12(2)27-19(24)26-11-25-18(23)17-16(21-13-7-9-20-10-8-13)14-5-3-4-6-15(14)22-17/h3-10,12,22H,11H2,1-2H3,(H,20,21). The summed E-state index contributed by atoms with van der Waals surface area (Å²) in [4.78, 5) is 30.9. The van der Waals surface area contributed by atoms with Gasteiger partial charge in [-0.2, -0.15) is 0 Å². The van der Waals surface area contributed by atoms with Gasteiger partial charge in [0.2, 0.25) is 6.79 Å². The van der Waals surface area contributed by atoms with Gasteiger partial charge >= 0.3 is 12.1 Å². The maximum absolute atomic E-state index is 12.5. The Morgan fingerprint density at radius 3 is 2.59 bits per heavy atom. The average Bonchev–Trinajstić information content (AvgIpc) is 3.01. The highest BCUT2D eigenvalue weighted by atomic mass is 16.8. The van der Waals surface area contributed by atoms with Crippen molar-refractivity contribution in [1.29, 1.82) is 0 Å². The minimum Gasteiger partial charge on any atom is -0.431 e. The van der Waals surface area contributed by atoms with Gasteiger partial charge < -0.3 is 24.5 Å². The van der Waals surface area contributed by atoms with E-state index in [2.05, 4.69) is 15.3 Å². The van der Waals surface area contributed by atoms with Gasteiger partial charge in [-0.15, -0.1) is 0 Å². The number of esters is 1. The number of hydrogen-bond donors (Lipinski definition) is 2. The van der Waals surface area contributed by atoms with Crippen molar-refractivity contribution in [3.8, 4) is 0 Å². The summed E-state index contributed by atoms with van der Waals surface area (Å²) in [5.74, 6) is -0.667. The zero-order chi connectivity index (χ0) is 19.2. The number of nitrogens with zero attached hydrogens (tertiary/aromatic N) is 1. The molecule has 1 aromatic carbocycles. The van der Waals surface area contributed by atoms with Crippen LogP contribution in [0, 0.1) is 0 Å². The number of hydrogen-bond acceptors (Lipinski definition) is 7. The Hall–Kier alpha value is -3.55. The molecule has 3 aromatic rings. The third kappa shape index (κ3) is 4.55. The van der Waals surface area contributed by atoms with Crippen molar-refractivity contribution >= 4 is 34.4 Å². The van der Waals surface area contributed by atoms with Crippen LogP contribution in [-0.4, -0.2) is 35.0 Å². The zero-order valence-electron chi connectivity index (χ0n) is 14.9. The lowest BCUT2D eigenvalue weighted by Gasteiger charge is -2.10. The van der Waals surface area contributed by atoms with Crippen molar-refractivity contribution in [3.05, 3.63) is 54.5 Å².